The summed E-state index contributed by atoms with van der Waals surface area (Å²) in [4.78, 5) is 12.4. The molecule has 5 nitrogen and oxygen atoms in total. The number of unbranched alkanes of at least 4 members (excludes halogenated alkanes) is 1. The molecule has 5 heteroatoms. The summed E-state index contributed by atoms with van der Waals surface area (Å²) >= 11 is 0. The Morgan fingerprint density at radius 3 is 2.42 bits per heavy atom. The van der Waals surface area contributed by atoms with Crippen LogP contribution in [0.4, 0.5) is 0 Å². The maximum absolute atomic E-state index is 12.4. The summed E-state index contributed by atoms with van der Waals surface area (Å²) in [6.45, 7) is 5.62. The molecule has 0 aromatic heterocycles. The predicted molar refractivity (Wildman–Crippen MR) is 102 cm³/mol. The van der Waals surface area contributed by atoms with E-state index in [0.29, 0.717) is 36.8 Å². The van der Waals surface area contributed by atoms with Gasteiger partial charge in [0.2, 0.25) is 0 Å². The van der Waals surface area contributed by atoms with Crippen molar-refractivity contribution in [3.05, 3.63) is 53.6 Å². The summed E-state index contributed by atoms with van der Waals surface area (Å²) in [5, 5.41) is 2.92. The molecule has 0 unspecified atom stereocenters. The fourth-order valence-corrected chi connectivity index (χ4v) is 2.39. The van der Waals surface area contributed by atoms with E-state index >= 15 is 0 Å². The fraction of sp³-hybridized carbons (Fsp3) is 0.381. The van der Waals surface area contributed by atoms with Crippen LogP contribution in [0.15, 0.2) is 42.5 Å². The molecule has 0 saturated heterocycles. The number of ether oxygens (including phenoxy) is 3. The molecule has 0 spiro atoms. The third kappa shape index (κ3) is 5.69. The van der Waals surface area contributed by atoms with Gasteiger partial charge in [0, 0.05) is 12.1 Å². The highest BCUT2D eigenvalue weighted by atomic mass is 16.5. The molecule has 0 aliphatic rings. The van der Waals surface area contributed by atoms with Crippen LogP contribution in [0.2, 0.25) is 0 Å². The molecule has 0 heterocycles. The van der Waals surface area contributed by atoms with Gasteiger partial charge in [-0.05, 0) is 49.2 Å². The number of benzene rings is 2. The van der Waals surface area contributed by atoms with Crippen LogP contribution in [0, 0.1) is 0 Å². The minimum Gasteiger partial charge on any atom is -0.497 e. The van der Waals surface area contributed by atoms with Crippen molar-refractivity contribution >= 4 is 5.91 Å². The second-order valence-electron chi connectivity index (χ2n) is 5.83. The number of hydrogen-bond acceptors (Lipinski definition) is 4. The van der Waals surface area contributed by atoms with Crippen LogP contribution in [-0.4, -0.2) is 26.2 Å². The number of amides is 1. The van der Waals surface area contributed by atoms with Gasteiger partial charge in [0.05, 0.1) is 20.3 Å². The minimum absolute atomic E-state index is 0.151. The number of carbonyl (C=O) groups is 1. The van der Waals surface area contributed by atoms with Gasteiger partial charge in [-0.1, -0.05) is 25.5 Å². The van der Waals surface area contributed by atoms with Gasteiger partial charge in [0.25, 0.3) is 5.91 Å². The van der Waals surface area contributed by atoms with E-state index in [1.807, 2.05) is 31.2 Å². The van der Waals surface area contributed by atoms with Gasteiger partial charge < -0.3 is 19.5 Å². The van der Waals surface area contributed by atoms with Crippen LogP contribution < -0.4 is 19.5 Å². The Morgan fingerprint density at radius 2 is 1.77 bits per heavy atom. The van der Waals surface area contributed by atoms with E-state index < -0.39 is 0 Å². The molecule has 1 amide bonds. The zero-order chi connectivity index (χ0) is 18.8. The van der Waals surface area contributed by atoms with Gasteiger partial charge in [0.15, 0.2) is 11.5 Å². The van der Waals surface area contributed by atoms with Crippen LogP contribution in [0.25, 0.3) is 0 Å². The standard InChI is InChI=1S/C21H27NO4/c1-4-6-13-26-19-12-9-17(14-20(19)25-5-2)21(23)22-15-16-7-10-18(24-3)11-8-16/h7-12,14H,4-6,13,15H2,1-3H3,(H,22,23). The number of methoxy groups -OCH3 is 1. The van der Waals surface area contributed by atoms with Crippen LogP contribution in [0.3, 0.4) is 0 Å². The quantitative estimate of drug-likeness (QED) is 0.648. The molecule has 26 heavy (non-hydrogen) atoms. The normalized spacial score (nSPS) is 10.3. The zero-order valence-electron chi connectivity index (χ0n) is 15.7. The zero-order valence-corrected chi connectivity index (χ0v) is 15.7. The average Bonchev–Trinajstić information content (AvgIpc) is 2.68. The first-order valence-electron chi connectivity index (χ1n) is 8.98. The highest BCUT2D eigenvalue weighted by Crippen LogP contribution is 2.28. The summed E-state index contributed by atoms with van der Waals surface area (Å²) in [6, 6.07) is 12.9. The lowest BCUT2D eigenvalue weighted by Gasteiger charge is -2.13. The molecule has 0 fully saturated rings. The topological polar surface area (TPSA) is 56.8 Å². The molecular formula is C21H27NO4. The van der Waals surface area contributed by atoms with E-state index in [1.165, 1.54) is 0 Å². The van der Waals surface area contributed by atoms with E-state index in [4.69, 9.17) is 14.2 Å². The monoisotopic (exact) mass is 357 g/mol. The lowest BCUT2D eigenvalue weighted by Crippen LogP contribution is -2.22. The van der Waals surface area contributed by atoms with E-state index in [0.717, 1.165) is 24.2 Å². The molecule has 0 atom stereocenters. The Balaban J connectivity index is 2.01. The van der Waals surface area contributed by atoms with Crippen LogP contribution in [0.1, 0.15) is 42.6 Å². The van der Waals surface area contributed by atoms with Gasteiger partial charge >= 0.3 is 0 Å². The number of nitrogens with one attached hydrogen (secondary N) is 1. The Kier molecular flexibility index (Phi) is 7.80. The molecule has 0 aliphatic carbocycles. The molecule has 0 aliphatic heterocycles. The maximum Gasteiger partial charge on any atom is 0.251 e. The number of carbonyl (C=O) groups excluding carboxylic acids is 1. The van der Waals surface area contributed by atoms with Gasteiger partial charge in [-0.15, -0.1) is 0 Å². The molecule has 2 aromatic carbocycles. The van der Waals surface area contributed by atoms with Crippen molar-refractivity contribution in [1.82, 2.24) is 5.32 Å². The molecule has 2 aromatic rings. The van der Waals surface area contributed by atoms with Crippen LogP contribution >= 0.6 is 0 Å². The molecule has 0 radical (unpaired) electrons. The average molecular weight is 357 g/mol. The van der Waals surface area contributed by atoms with Gasteiger partial charge in [-0.2, -0.15) is 0 Å². The van der Waals surface area contributed by atoms with Crippen molar-refractivity contribution in [3.63, 3.8) is 0 Å². The van der Waals surface area contributed by atoms with Crippen molar-refractivity contribution in [2.45, 2.75) is 33.2 Å². The summed E-state index contributed by atoms with van der Waals surface area (Å²) in [5.41, 5.74) is 1.55. The molecule has 1 N–H and O–H groups in total. The lowest BCUT2D eigenvalue weighted by molar-refractivity contribution is 0.0950. The van der Waals surface area contributed by atoms with Gasteiger partial charge in [-0.25, -0.2) is 0 Å². The molecule has 0 bridgehead atoms. The SMILES string of the molecule is CCCCOc1ccc(C(=O)NCc2ccc(OC)cc2)cc1OCC. The van der Waals surface area contributed by atoms with Crippen LogP contribution in [0.5, 0.6) is 17.2 Å². The minimum atomic E-state index is -0.151. The Bertz CT molecular complexity index is 698. The summed E-state index contributed by atoms with van der Waals surface area (Å²) < 4.78 is 16.5. The number of hydrogen-bond donors (Lipinski definition) is 1. The van der Waals surface area contributed by atoms with Crippen molar-refractivity contribution in [2.24, 2.45) is 0 Å². The number of rotatable bonds is 10. The highest BCUT2D eigenvalue weighted by molar-refractivity contribution is 5.94. The highest BCUT2D eigenvalue weighted by Gasteiger charge is 2.11. The third-order valence-corrected chi connectivity index (χ3v) is 3.87. The summed E-state index contributed by atoms with van der Waals surface area (Å²) in [5.74, 6) is 1.91. The first kappa shape index (κ1) is 19.6. The smallest absolute Gasteiger partial charge is 0.251 e. The van der Waals surface area contributed by atoms with Crippen molar-refractivity contribution in [2.75, 3.05) is 20.3 Å². The Morgan fingerprint density at radius 1 is 1.00 bits per heavy atom. The Hall–Kier alpha value is -2.69. The predicted octanol–water partition coefficient (Wildman–Crippen LogP) is 4.20. The maximum atomic E-state index is 12.4. The van der Waals surface area contributed by atoms with E-state index in [2.05, 4.69) is 12.2 Å². The second kappa shape index (κ2) is 10.3. The van der Waals surface area contributed by atoms with E-state index in [-0.39, 0.29) is 5.91 Å². The fourth-order valence-electron chi connectivity index (χ4n) is 2.39. The van der Waals surface area contributed by atoms with Gasteiger partial charge in [0.1, 0.15) is 5.75 Å². The lowest BCUT2D eigenvalue weighted by atomic mass is 10.1. The van der Waals surface area contributed by atoms with E-state index in [1.54, 1.807) is 25.3 Å². The molecule has 140 valence electrons. The second-order valence-corrected chi connectivity index (χ2v) is 5.83. The van der Waals surface area contributed by atoms with Crippen molar-refractivity contribution in [1.29, 1.82) is 0 Å². The largest absolute Gasteiger partial charge is 0.497 e. The van der Waals surface area contributed by atoms with Crippen molar-refractivity contribution < 1.29 is 19.0 Å². The summed E-state index contributed by atoms with van der Waals surface area (Å²) in [6.07, 6.45) is 2.05. The Labute approximate surface area is 155 Å². The molecular weight excluding hydrogens is 330 g/mol. The first-order valence-corrected chi connectivity index (χ1v) is 8.98. The first-order chi connectivity index (χ1) is 12.7. The third-order valence-electron chi connectivity index (χ3n) is 3.87. The van der Waals surface area contributed by atoms with Gasteiger partial charge in [-0.3, -0.25) is 4.79 Å². The summed E-state index contributed by atoms with van der Waals surface area (Å²) in [7, 11) is 1.63. The van der Waals surface area contributed by atoms with Crippen molar-refractivity contribution in [3.8, 4) is 17.2 Å². The van der Waals surface area contributed by atoms with Crippen LogP contribution in [-0.2, 0) is 6.54 Å². The molecule has 0 saturated carbocycles. The molecule has 2 rings (SSSR count). The van der Waals surface area contributed by atoms with E-state index in [9.17, 15) is 4.79 Å².